The number of carbonyl (C=O) groups excluding carboxylic acids is 1. The Morgan fingerprint density at radius 3 is 2.63 bits per heavy atom. The summed E-state index contributed by atoms with van der Waals surface area (Å²) in [7, 11) is 1.53. The minimum atomic E-state index is -0.0882. The van der Waals surface area contributed by atoms with Crippen LogP contribution in [0.4, 0.5) is 0 Å². The van der Waals surface area contributed by atoms with E-state index in [4.69, 9.17) is 4.74 Å². The van der Waals surface area contributed by atoms with Gasteiger partial charge in [0, 0.05) is 19.2 Å². The van der Waals surface area contributed by atoms with Gasteiger partial charge in [-0.05, 0) is 30.9 Å². The third kappa shape index (κ3) is 3.00. The third-order valence-corrected chi connectivity index (χ3v) is 3.91. The summed E-state index contributed by atoms with van der Waals surface area (Å²) < 4.78 is 5.02. The number of amides is 1. The van der Waals surface area contributed by atoms with E-state index >= 15 is 0 Å². The molecule has 4 heteroatoms. The van der Waals surface area contributed by atoms with E-state index < -0.39 is 0 Å². The summed E-state index contributed by atoms with van der Waals surface area (Å²) in [5, 5.41) is 9.89. The van der Waals surface area contributed by atoms with Crippen molar-refractivity contribution < 1.29 is 14.6 Å². The van der Waals surface area contributed by atoms with Crippen LogP contribution in [0.3, 0.4) is 0 Å². The van der Waals surface area contributed by atoms with Crippen LogP contribution in [0.2, 0.25) is 0 Å². The summed E-state index contributed by atoms with van der Waals surface area (Å²) in [6, 6.07) is 4.81. The van der Waals surface area contributed by atoms with Gasteiger partial charge < -0.3 is 14.7 Å². The Kier molecular flexibility index (Phi) is 4.30. The first-order valence-corrected chi connectivity index (χ1v) is 6.82. The van der Waals surface area contributed by atoms with Crippen molar-refractivity contribution >= 4 is 5.91 Å². The molecule has 0 spiro atoms. The van der Waals surface area contributed by atoms with Crippen molar-refractivity contribution in [2.75, 3.05) is 20.2 Å². The summed E-state index contributed by atoms with van der Waals surface area (Å²) in [6.45, 7) is 3.75. The first kappa shape index (κ1) is 13.7. The maximum Gasteiger partial charge on any atom is 0.257 e. The molecule has 1 aliphatic rings. The van der Waals surface area contributed by atoms with Gasteiger partial charge in [0.2, 0.25) is 0 Å². The van der Waals surface area contributed by atoms with Crippen LogP contribution < -0.4 is 4.74 Å². The maximum atomic E-state index is 12.3. The van der Waals surface area contributed by atoms with E-state index in [9.17, 15) is 9.90 Å². The van der Waals surface area contributed by atoms with Gasteiger partial charge in [0.25, 0.3) is 5.91 Å². The van der Waals surface area contributed by atoms with Gasteiger partial charge in [-0.2, -0.15) is 0 Å². The van der Waals surface area contributed by atoms with E-state index in [1.807, 2.05) is 4.90 Å². The molecule has 1 fully saturated rings. The van der Waals surface area contributed by atoms with Gasteiger partial charge in [-0.25, -0.2) is 0 Å². The molecule has 19 heavy (non-hydrogen) atoms. The van der Waals surface area contributed by atoms with E-state index in [1.54, 1.807) is 12.1 Å². The van der Waals surface area contributed by atoms with Crippen LogP contribution in [0.25, 0.3) is 0 Å². The molecule has 0 aliphatic carbocycles. The molecule has 1 saturated heterocycles. The first-order chi connectivity index (χ1) is 9.15. The number of piperidine rings is 1. The average molecular weight is 263 g/mol. The van der Waals surface area contributed by atoms with Crippen molar-refractivity contribution in [3.05, 3.63) is 23.8 Å². The van der Waals surface area contributed by atoms with Crippen LogP contribution in [0.1, 0.15) is 36.5 Å². The summed E-state index contributed by atoms with van der Waals surface area (Å²) >= 11 is 0. The Morgan fingerprint density at radius 1 is 1.42 bits per heavy atom. The molecule has 4 nitrogen and oxygen atoms in total. The van der Waals surface area contributed by atoms with E-state index in [2.05, 4.69) is 6.92 Å². The Hall–Kier alpha value is -1.71. The molecule has 0 aromatic heterocycles. The molecule has 2 rings (SSSR count). The lowest BCUT2D eigenvalue weighted by Crippen LogP contribution is -2.38. The maximum absolute atomic E-state index is 12.3. The lowest BCUT2D eigenvalue weighted by molar-refractivity contribution is 0.0686. The fraction of sp³-hybridized carbons (Fsp3) is 0.533. The first-order valence-electron chi connectivity index (χ1n) is 6.82. The highest BCUT2D eigenvalue weighted by Gasteiger charge is 2.24. The largest absolute Gasteiger partial charge is 0.507 e. The third-order valence-electron chi connectivity index (χ3n) is 3.91. The Labute approximate surface area is 114 Å². The van der Waals surface area contributed by atoms with Gasteiger partial charge in [0.15, 0.2) is 0 Å². The zero-order valence-electron chi connectivity index (χ0n) is 11.6. The van der Waals surface area contributed by atoms with Gasteiger partial charge in [0.1, 0.15) is 11.5 Å². The van der Waals surface area contributed by atoms with Crippen LogP contribution in [0.5, 0.6) is 11.5 Å². The predicted molar refractivity (Wildman–Crippen MR) is 73.6 cm³/mol. The molecule has 1 aromatic carbocycles. The molecular weight excluding hydrogens is 242 g/mol. The lowest BCUT2D eigenvalue weighted by Gasteiger charge is -2.31. The number of phenolic OH excluding ortho intramolecular Hbond substituents is 1. The number of rotatable bonds is 3. The number of hydrogen-bond donors (Lipinski definition) is 1. The molecule has 0 saturated carbocycles. The minimum Gasteiger partial charge on any atom is -0.507 e. The van der Waals surface area contributed by atoms with Crippen molar-refractivity contribution in [3.63, 3.8) is 0 Å². The van der Waals surface area contributed by atoms with Crippen molar-refractivity contribution in [3.8, 4) is 11.5 Å². The van der Waals surface area contributed by atoms with Gasteiger partial charge >= 0.3 is 0 Å². The molecule has 0 unspecified atom stereocenters. The monoisotopic (exact) mass is 263 g/mol. The number of carbonyl (C=O) groups is 1. The summed E-state index contributed by atoms with van der Waals surface area (Å²) in [5.41, 5.74) is 0.357. The highest BCUT2D eigenvalue weighted by molar-refractivity contribution is 5.97. The van der Waals surface area contributed by atoms with Crippen molar-refractivity contribution in [2.45, 2.75) is 26.2 Å². The molecule has 1 aromatic rings. The molecule has 0 atom stereocenters. The topological polar surface area (TPSA) is 49.8 Å². The molecule has 1 N–H and O–H groups in total. The summed E-state index contributed by atoms with van der Waals surface area (Å²) in [6.07, 6.45) is 3.29. The highest BCUT2D eigenvalue weighted by atomic mass is 16.5. The zero-order chi connectivity index (χ0) is 13.8. The quantitative estimate of drug-likeness (QED) is 0.912. The fourth-order valence-electron chi connectivity index (χ4n) is 2.53. The SMILES string of the molecule is CCC1CCN(C(=O)c2ccc(OC)cc2O)CC1. The van der Waals surface area contributed by atoms with Gasteiger partial charge in [-0.1, -0.05) is 13.3 Å². The van der Waals surface area contributed by atoms with Crippen LogP contribution in [-0.4, -0.2) is 36.1 Å². The number of phenols is 1. The van der Waals surface area contributed by atoms with Crippen molar-refractivity contribution in [2.24, 2.45) is 5.92 Å². The zero-order valence-corrected chi connectivity index (χ0v) is 11.6. The highest BCUT2D eigenvalue weighted by Crippen LogP contribution is 2.27. The normalized spacial score (nSPS) is 16.4. The van der Waals surface area contributed by atoms with Crippen LogP contribution in [0.15, 0.2) is 18.2 Å². The second-order valence-corrected chi connectivity index (χ2v) is 5.03. The second kappa shape index (κ2) is 5.95. The number of hydrogen-bond acceptors (Lipinski definition) is 3. The van der Waals surface area contributed by atoms with Crippen molar-refractivity contribution in [1.29, 1.82) is 0 Å². The molecule has 0 radical (unpaired) electrons. The number of ether oxygens (including phenoxy) is 1. The average Bonchev–Trinajstić information content (AvgIpc) is 2.46. The standard InChI is InChI=1S/C15H21NO3/c1-3-11-6-8-16(9-7-11)15(18)13-5-4-12(19-2)10-14(13)17/h4-5,10-11,17H,3,6-9H2,1-2H3. The molecule has 1 amide bonds. The number of benzene rings is 1. The number of nitrogens with zero attached hydrogens (tertiary/aromatic N) is 1. The van der Waals surface area contributed by atoms with E-state index in [0.717, 1.165) is 31.8 Å². The minimum absolute atomic E-state index is 0.0121. The summed E-state index contributed by atoms with van der Waals surface area (Å²) in [5.74, 6) is 1.18. The number of methoxy groups -OCH3 is 1. The fourth-order valence-corrected chi connectivity index (χ4v) is 2.53. The smallest absolute Gasteiger partial charge is 0.257 e. The molecule has 0 bridgehead atoms. The van der Waals surface area contributed by atoms with Crippen LogP contribution in [0, 0.1) is 5.92 Å². The number of aromatic hydroxyl groups is 1. The molecular formula is C15H21NO3. The molecule has 104 valence electrons. The van der Waals surface area contributed by atoms with Gasteiger partial charge in [-0.15, -0.1) is 0 Å². The van der Waals surface area contributed by atoms with Gasteiger partial charge in [-0.3, -0.25) is 4.79 Å². The Balaban J connectivity index is 2.08. The molecule has 1 heterocycles. The van der Waals surface area contributed by atoms with Crippen molar-refractivity contribution in [1.82, 2.24) is 4.90 Å². The Bertz CT molecular complexity index is 451. The van der Waals surface area contributed by atoms with Gasteiger partial charge in [0.05, 0.1) is 12.7 Å². The van der Waals surface area contributed by atoms with Crippen LogP contribution in [-0.2, 0) is 0 Å². The van der Waals surface area contributed by atoms with E-state index in [-0.39, 0.29) is 11.7 Å². The lowest BCUT2D eigenvalue weighted by atomic mass is 9.94. The Morgan fingerprint density at radius 2 is 2.11 bits per heavy atom. The number of likely N-dealkylation sites (tertiary alicyclic amines) is 1. The summed E-state index contributed by atoms with van der Waals surface area (Å²) in [4.78, 5) is 14.2. The predicted octanol–water partition coefficient (Wildman–Crippen LogP) is 2.66. The van der Waals surface area contributed by atoms with Crippen LogP contribution >= 0.6 is 0 Å². The second-order valence-electron chi connectivity index (χ2n) is 5.03. The molecule has 1 aliphatic heterocycles. The van der Waals surface area contributed by atoms with E-state index in [0.29, 0.717) is 11.3 Å². The van der Waals surface area contributed by atoms with E-state index in [1.165, 1.54) is 19.6 Å².